The number of ether oxygens (including phenoxy) is 1. The Balaban J connectivity index is 1.98. The number of carbonyl (C=O) groups excluding carboxylic acids is 3. The summed E-state index contributed by atoms with van der Waals surface area (Å²) in [5.41, 5.74) is 5.67. The molecular formula is C16H13BrN2O4. The molecule has 2 rings (SSSR count). The van der Waals surface area contributed by atoms with E-state index in [1.807, 2.05) is 0 Å². The Morgan fingerprint density at radius 2 is 1.43 bits per heavy atom. The van der Waals surface area contributed by atoms with E-state index < -0.39 is 17.8 Å². The SMILES string of the molecule is COC(=O)c1ccc(C(=O)NNC(=O)c2ccccc2Br)cc1. The molecule has 2 amide bonds. The van der Waals surface area contributed by atoms with E-state index in [4.69, 9.17) is 0 Å². The fourth-order valence-electron chi connectivity index (χ4n) is 1.77. The average molecular weight is 377 g/mol. The molecule has 6 nitrogen and oxygen atoms in total. The van der Waals surface area contributed by atoms with Crippen LogP contribution in [0.4, 0.5) is 0 Å². The topological polar surface area (TPSA) is 84.5 Å². The van der Waals surface area contributed by atoms with Gasteiger partial charge in [0.25, 0.3) is 11.8 Å². The zero-order valence-electron chi connectivity index (χ0n) is 12.1. The highest BCUT2D eigenvalue weighted by Gasteiger charge is 2.12. The second-order valence-corrected chi connectivity index (χ2v) is 5.31. The molecule has 23 heavy (non-hydrogen) atoms. The summed E-state index contributed by atoms with van der Waals surface area (Å²) in [5, 5.41) is 0. The lowest BCUT2D eigenvalue weighted by atomic mass is 10.1. The molecule has 0 atom stereocenters. The first-order chi connectivity index (χ1) is 11.0. The zero-order valence-corrected chi connectivity index (χ0v) is 13.7. The molecule has 0 radical (unpaired) electrons. The van der Waals surface area contributed by atoms with Crippen LogP contribution >= 0.6 is 15.9 Å². The predicted molar refractivity (Wildman–Crippen MR) is 86.9 cm³/mol. The molecule has 0 aliphatic carbocycles. The lowest BCUT2D eigenvalue weighted by Gasteiger charge is -2.08. The third kappa shape index (κ3) is 4.17. The molecule has 0 saturated carbocycles. The maximum absolute atomic E-state index is 12.0. The maximum Gasteiger partial charge on any atom is 0.337 e. The number of amides is 2. The monoisotopic (exact) mass is 376 g/mol. The largest absolute Gasteiger partial charge is 0.465 e. The van der Waals surface area contributed by atoms with Gasteiger partial charge < -0.3 is 4.74 Å². The molecule has 7 heteroatoms. The van der Waals surface area contributed by atoms with Crippen molar-refractivity contribution in [3.05, 3.63) is 69.7 Å². The molecule has 0 heterocycles. The Morgan fingerprint density at radius 3 is 2.04 bits per heavy atom. The van der Waals surface area contributed by atoms with Crippen molar-refractivity contribution in [2.75, 3.05) is 7.11 Å². The van der Waals surface area contributed by atoms with E-state index in [-0.39, 0.29) is 0 Å². The van der Waals surface area contributed by atoms with Gasteiger partial charge in [-0.15, -0.1) is 0 Å². The Labute approximate surface area is 140 Å². The number of methoxy groups -OCH3 is 1. The Kier molecular flexibility index (Phi) is 5.48. The van der Waals surface area contributed by atoms with Gasteiger partial charge in [-0.1, -0.05) is 12.1 Å². The van der Waals surface area contributed by atoms with Crippen molar-refractivity contribution in [2.45, 2.75) is 0 Å². The molecule has 0 aliphatic heterocycles. The molecule has 0 spiro atoms. The van der Waals surface area contributed by atoms with Crippen molar-refractivity contribution < 1.29 is 19.1 Å². The second-order valence-electron chi connectivity index (χ2n) is 4.46. The summed E-state index contributed by atoms with van der Waals surface area (Å²) in [5.74, 6) is -1.43. The Bertz CT molecular complexity index is 744. The van der Waals surface area contributed by atoms with Crippen molar-refractivity contribution in [1.29, 1.82) is 0 Å². The number of carbonyl (C=O) groups is 3. The molecule has 0 bridgehead atoms. The van der Waals surface area contributed by atoms with Crippen molar-refractivity contribution in [1.82, 2.24) is 10.9 Å². The standard InChI is InChI=1S/C16H13BrN2O4/c1-23-16(22)11-8-6-10(7-9-11)14(20)18-19-15(21)12-4-2-3-5-13(12)17/h2-9H,1H3,(H,18,20)(H,19,21). The van der Waals surface area contributed by atoms with E-state index in [9.17, 15) is 14.4 Å². The highest BCUT2D eigenvalue weighted by molar-refractivity contribution is 9.10. The van der Waals surface area contributed by atoms with Gasteiger partial charge in [-0.3, -0.25) is 20.4 Å². The zero-order chi connectivity index (χ0) is 16.8. The highest BCUT2D eigenvalue weighted by atomic mass is 79.9. The quantitative estimate of drug-likeness (QED) is 0.635. The molecule has 0 saturated heterocycles. The number of esters is 1. The van der Waals surface area contributed by atoms with Crippen molar-refractivity contribution in [3.8, 4) is 0 Å². The molecular weight excluding hydrogens is 364 g/mol. The minimum atomic E-state index is -0.498. The maximum atomic E-state index is 12.0. The molecule has 0 fully saturated rings. The van der Waals surface area contributed by atoms with Crippen LogP contribution in [-0.2, 0) is 4.74 Å². The van der Waals surface area contributed by atoms with Crippen LogP contribution in [0, 0.1) is 0 Å². The van der Waals surface area contributed by atoms with Gasteiger partial charge >= 0.3 is 5.97 Å². The number of rotatable bonds is 3. The minimum absolute atomic E-state index is 0.296. The van der Waals surface area contributed by atoms with Gasteiger partial charge in [0.1, 0.15) is 0 Å². The van der Waals surface area contributed by atoms with Crippen molar-refractivity contribution >= 4 is 33.7 Å². The van der Waals surface area contributed by atoms with Gasteiger partial charge in [0, 0.05) is 10.0 Å². The van der Waals surface area contributed by atoms with Gasteiger partial charge in [0.15, 0.2) is 0 Å². The van der Waals surface area contributed by atoms with Crippen LogP contribution in [0.3, 0.4) is 0 Å². The summed E-state index contributed by atoms with van der Waals surface area (Å²) in [4.78, 5) is 35.2. The normalized spacial score (nSPS) is 9.83. The van der Waals surface area contributed by atoms with E-state index in [1.165, 1.54) is 31.4 Å². The van der Waals surface area contributed by atoms with Crippen molar-refractivity contribution in [3.63, 3.8) is 0 Å². The lowest BCUT2D eigenvalue weighted by molar-refractivity contribution is 0.0600. The Hall–Kier alpha value is -2.67. The first kappa shape index (κ1) is 16.7. The molecule has 2 aromatic carbocycles. The van der Waals surface area contributed by atoms with Gasteiger partial charge in [0.2, 0.25) is 0 Å². The van der Waals surface area contributed by atoms with Crippen LogP contribution < -0.4 is 10.9 Å². The summed E-state index contributed by atoms with van der Waals surface area (Å²) < 4.78 is 5.19. The fraction of sp³-hybridized carbons (Fsp3) is 0.0625. The smallest absolute Gasteiger partial charge is 0.337 e. The van der Waals surface area contributed by atoms with Gasteiger partial charge in [-0.05, 0) is 52.3 Å². The van der Waals surface area contributed by atoms with E-state index in [0.717, 1.165) is 0 Å². The fourth-order valence-corrected chi connectivity index (χ4v) is 2.24. The van der Waals surface area contributed by atoms with Crippen LogP contribution in [0.25, 0.3) is 0 Å². The molecule has 0 aromatic heterocycles. The first-order valence-electron chi connectivity index (χ1n) is 6.56. The summed E-state index contributed by atoms with van der Waals surface area (Å²) in [7, 11) is 1.28. The molecule has 118 valence electrons. The lowest BCUT2D eigenvalue weighted by Crippen LogP contribution is -2.41. The van der Waals surface area contributed by atoms with E-state index >= 15 is 0 Å². The molecule has 0 unspecified atom stereocenters. The molecule has 2 N–H and O–H groups in total. The van der Waals surface area contributed by atoms with E-state index in [2.05, 4.69) is 31.5 Å². The average Bonchev–Trinajstić information content (AvgIpc) is 2.59. The van der Waals surface area contributed by atoms with Crippen LogP contribution in [0.15, 0.2) is 53.0 Å². The number of nitrogens with one attached hydrogen (secondary N) is 2. The van der Waals surface area contributed by atoms with Gasteiger partial charge in [-0.2, -0.15) is 0 Å². The minimum Gasteiger partial charge on any atom is -0.465 e. The number of hydrazine groups is 1. The number of hydrogen-bond acceptors (Lipinski definition) is 4. The Morgan fingerprint density at radius 1 is 0.870 bits per heavy atom. The van der Waals surface area contributed by atoms with Crippen LogP contribution in [0.5, 0.6) is 0 Å². The van der Waals surface area contributed by atoms with E-state index in [1.54, 1.807) is 24.3 Å². The summed E-state index contributed by atoms with van der Waals surface area (Å²) in [6, 6.07) is 12.7. The third-order valence-electron chi connectivity index (χ3n) is 2.98. The highest BCUT2D eigenvalue weighted by Crippen LogP contribution is 2.15. The number of hydrogen-bond donors (Lipinski definition) is 2. The second kappa shape index (κ2) is 7.55. The summed E-state index contributed by atoms with van der Waals surface area (Å²) in [6.45, 7) is 0. The summed E-state index contributed by atoms with van der Waals surface area (Å²) >= 11 is 3.26. The molecule has 0 aliphatic rings. The predicted octanol–water partition coefficient (Wildman–Crippen LogP) is 2.31. The number of halogens is 1. The third-order valence-corrected chi connectivity index (χ3v) is 3.67. The number of benzene rings is 2. The first-order valence-corrected chi connectivity index (χ1v) is 7.36. The van der Waals surface area contributed by atoms with Gasteiger partial charge in [0.05, 0.1) is 18.2 Å². The molecule has 2 aromatic rings. The van der Waals surface area contributed by atoms with Crippen LogP contribution in [0.2, 0.25) is 0 Å². The van der Waals surface area contributed by atoms with Crippen LogP contribution in [0.1, 0.15) is 31.1 Å². The van der Waals surface area contributed by atoms with Crippen molar-refractivity contribution in [2.24, 2.45) is 0 Å². The van der Waals surface area contributed by atoms with Crippen LogP contribution in [-0.4, -0.2) is 24.9 Å². The van der Waals surface area contributed by atoms with E-state index in [0.29, 0.717) is 21.2 Å². The summed E-state index contributed by atoms with van der Waals surface area (Å²) in [6.07, 6.45) is 0. The van der Waals surface area contributed by atoms with Gasteiger partial charge in [-0.25, -0.2) is 4.79 Å².